The predicted molar refractivity (Wildman–Crippen MR) is 113 cm³/mol. The van der Waals surface area contributed by atoms with E-state index in [4.69, 9.17) is 0 Å². The normalized spacial score (nSPS) is 22.5. The first-order chi connectivity index (χ1) is 14.5. The number of hydrogen-bond donors (Lipinski definition) is 1. The first-order valence-electron chi connectivity index (χ1n) is 10.8. The molecule has 0 unspecified atom stereocenters. The molecule has 5 rings (SSSR count). The van der Waals surface area contributed by atoms with E-state index in [1.807, 2.05) is 4.90 Å². The highest BCUT2D eigenvalue weighted by Gasteiger charge is 2.36. The SMILES string of the molecule is O=C(C1CCN(S(=O)(=O)c2cccs2)CC1)N1CCC(c2nc(C3CC3)n[nH]2)CC1. The van der Waals surface area contributed by atoms with E-state index in [0.29, 0.717) is 42.0 Å². The van der Waals surface area contributed by atoms with E-state index < -0.39 is 10.0 Å². The Morgan fingerprint density at radius 1 is 1.03 bits per heavy atom. The summed E-state index contributed by atoms with van der Waals surface area (Å²) in [7, 11) is -3.42. The summed E-state index contributed by atoms with van der Waals surface area (Å²) in [6, 6.07) is 3.40. The Bertz CT molecular complexity index is 984. The monoisotopic (exact) mass is 449 g/mol. The van der Waals surface area contributed by atoms with Gasteiger partial charge in [-0.25, -0.2) is 13.4 Å². The summed E-state index contributed by atoms with van der Waals surface area (Å²) < 4.78 is 27.2. The highest BCUT2D eigenvalue weighted by molar-refractivity contribution is 7.91. The number of aromatic nitrogens is 3. The molecular weight excluding hydrogens is 422 g/mol. The van der Waals surface area contributed by atoms with E-state index in [1.165, 1.54) is 28.5 Å². The quantitative estimate of drug-likeness (QED) is 0.756. The second kappa shape index (κ2) is 8.05. The zero-order valence-electron chi connectivity index (χ0n) is 16.9. The molecular formula is C20H27N5O3S2. The average Bonchev–Trinajstić information content (AvgIpc) is 3.26. The van der Waals surface area contributed by atoms with Gasteiger partial charge in [0.2, 0.25) is 5.91 Å². The summed E-state index contributed by atoms with van der Waals surface area (Å²) in [5, 5.41) is 9.24. The van der Waals surface area contributed by atoms with Gasteiger partial charge in [-0.2, -0.15) is 9.40 Å². The fraction of sp³-hybridized carbons (Fsp3) is 0.650. The molecule has 3 fully saturated rings. The fourth-order valence-electron chi connectivity index (χ4n) is 4.51. The van der Waals surface area contributed by atoms with E-state index in [9.17, 15) is 13.2 Å². The van der Waals surface area contributed by atoms with Crippen molar-refractivity contribution in [3.8, 4) is 0 Å². The molecule has 10 heteroatoms. The number of carbonyl (C=O) groups is 1. The number of sulfonamides is 1. The fourth-order valence-corrected chi connectivity index (χ4v) is 7.12. The van der Waals surface area contributed by atoms with Gasteiger partial charge in [0.1, 0.15) is 10.0 Å². The maximum Gasteiger partial charge on any atom is 0.252 e. The van der Waals surface area contributed by atoms with Gasteiger partial charge in [-0.1, -0.05) is 6.07 Å². The molecule has 162 valence electrons. The number of likely N-dealkylation sites (tertiary alicyclic amines) is 1. The Morgan fingerprint density at radius 3 is 2.40 bits per heavy atom. The Balaban J connectivity index is 1.13. The molecule has 0 aromatic carbocycles. The maximum atomic E-state index is 13.0. The first kappa shape index (κ1) is 20.1. The number of rotatable bonds is 5. The van der Waals surface area contributed by atoms with Crippen LogP contribution in [0.2, 0.25) is 0 Å². The van der Waals surface area contributed by atoms with Gasteiger partial charge in [-0.3, -0.25) is 9.89 Å². The number of hydrogen-bond acceptors (Lipinski definition) is 6. The molecule has 0 spiro atoms. The molecule has 0 bridgehead atoms. The number of amides is 1. The van der Waals surface area contributed by atoms with Crippen LogP contribution in [0.25, 0.3) is 0 Å². The second-order valence-corrected chi connectivity index (χ2v) is 11.7. The van der Waals surface area contributed by atoms with E-state index >= 15 is 0 Å². The van der Waals surface area contributed by atoms with E-state index in [2.05, 4.69) is 15.2 Å². The molecule has 2 aromatic rings. The van der Waals surface area contributed by atoms with Crippen LogP contribution in [0.5, 0.6) is 0 Å². The standard InChI is InChI=1S/C20H27N5O3S2/c26-20(16-7-11-25(12-8-16)30(27,28)17-2-1-13-29-17)24-9-5-15(6-10-24)19-21-18(22-23-19)14-3-4-14/h1-2,13-16H,3-12H2,(H,21,22,23). The van der Waals surface area contributed by atoms with E-state index in [-0.39, 0.29) is 11.8 Å². The van der Waals surface area contributed by atoms with Crippen molar-refractivity contribution in [3.63, 3.8) is 0 Å². The summed E-state index contributed by atoms with van der Waals surface area (Å²) in [6.07, 6.45) is 5.37. The number of H-pyrrole nitrogens is 1. The van der Waals surface area contributed by atoms with E-state index in [1.54, 1.807) is 17.5 Å². The van der Waals surface area contributed by atoms with Crippen LogP contribution in [-0.4, -0.2) is 64.9 Å². The molecule has 0 atom stereocenters. The zero-order chi connectivity index (χ0) is 20.7. The molecule has 2 aromatic heterocycles. The van der Waals surface area contributed by atoms with Gasteiger partial charge in [-0.05, 0) is 50.0 Å². The Labute approximate surface area is 180 Å². The number of aromatic amines is 1. The summed E-state index contributed by atoms with van der Waals surface area (Å²) >= 11 is 1.24. The number of thiophene rings is 1. The molecule has 1 aliphatic carbocycles. The lowest BCUT2D eigenvalue weighted by Crippen LogP contribution is -2.46. The lowest BCUT2D eigenvalue weighted by atomic mass is 9.92. The molecule has 1 amide bonds. The number of carbonyl (C=O) groups excluding carboxylic acids is 1. The average molecular weight is 450 g/mol. The van der Waals surface area contributed by atoms with Gasteiger partial charge in [-0.15, -0.1) is 11.3 Å². The van der Waals surface area contributed by atoms with Crippen molar-refractivity contribution in [2.24, 2.45) is 5.92 Å². The van der Waals surface area contributed by atoms with Crippen LogP contribution < -0.4 is 0 Å². The molecule has 8 nitrogen and oxygen atoms in total. The first-order valence-corrected chi connectivity index (χ1v) is 13.1. The van der Waals surface area contributed by atoms with Crippen molar-refractivity contribution in [2.45, 2.75) is 54.6 Å². The summed E-state index contributed by atoms with van der Waals surface area (Å²) in [4.78, 5) is 19.6. The Morgan fingerprint density at radius 2 is 1.77 bits per heavy atom. The van der Waals surface area contributed by atoms with Crippen LogP contribution >= 0.6 is 11.3 Å². The second-order valence-electron chi connectivity index (χ2n) is 8.56. The van der Waals surface area contributed by atoms with Crippen molar-refractivity contribution < 1.29 is 13.2 Å². The number of nitrogens with zero attached hydrogens (tertiary/aromatic N) is 4. The van der Waals surface area contributed by atoms with Crippen LogP contribution in [0, 0.1) is 5.92 Å². The lowest BCUT2D eigenvalue weighted by Gasteiger charge is -2.36. The molecule has 0 radical (unpaired) electrons. The van der Waals surface area contributed by atoms with Gasteiger partial charge in [0.15, 0.2) is 5.82 Å². The van der Waals surface area contributed by atoms with Crippen molar-refractivity contribution in [1.29, 1.82) is 0 Å². The minimum Gasteiger partial charge on any atom is -0.342 e. The van der Waals surface area contributed by atoms with Crippen molar-refractivity contribution in [3.05, 3.63) is 29.2 Å². The maximum absolute atomic E-state index is 13.0. The zero-order valence-corrected chi connectivity index (χ0v) is 18.5. The number of nitrogens with one attached hydrogen (secondary N) is 1. The smallest absolute Gasteiger partial charge is 0.252 e. The van der Waals surface area contributed by atoms with Crippen LogP contribution in [0.3, 0.4) is 0 Å². The largest absolute Gasteiger partial charge is 0.342 e. The van der Waals surface area contributed by atoms with E-state index in [0.717, 1.165) is 37.6 Å². The Hall–Kier alpha value is -1.78. The van der Waals surface area contributed by atoms with Gasteiger partial charge in [0.25, 0.3) is 10.0 Å². The molecule has 2 aliphatic heterocycles. The third-order valence-corrected chi connectivity index (χ3v) is 9.82. The third kappa shape index (κ3) is 3.92. The van der Waals surface area contributed by atoms with Gasteiger partial charge >= 0.3 is 0 Å². The topological polar surface area (TPSA) is 99.3 Å². The highest BCUT2D eigenvalue weighted by Crippen LogP contribution is 2.38. The molecule has 2 saturated heterocycles. The lowest BCUT2D eigenvalue weighted by molar-refractivity contribution is -0.137. The minimum atomic E-state index is -3.42. The summed E-state index contributed by atoms with van der Waals surface area (Å²) in [5.41, 5.74) is 0. The van der Waals surface area contributed by atoms with Gasteiger partial charge < -0.3 is 4.90 Å². The van der Waals surface area contributed by atoms with Crippen molar-refractivity contribution in [2.75, 3.05) is 26.2 Å². The number of piperidine rings is 2. The summed E-state index contributed by atoms with van der Waals surface area (Å²) in [5.74, 6) is 2.91. The third-order valence-electron chi connectivity index (χ3n) is 6.55. The van der Waals surface area contributed by atoms with Gasteiger partial charge in [0, 0.05) is 43.9 Å². The molecule has 4 heterocycles. The highest BCUT2D eigenvalue weighted by atomic mass is 32.2. The molecule has 1 saturated carbocycles. The summed E-state index contributed by atoms with van der Waals surface area (Å²) in [6.45, 7) is 2.29. The van der Waals surface area contributed by atoms with Crippen molar-refractivity contribution in [1.82, 2.24) is 24.4 Å². The minimum absolute atomic E-state index is 0.0805. The molecule has 3 aliphatic rings. The predicted octanol–water partition coefficient (Wildman–Crippen LogP) is 2.55. The Kier molecular flexibility index (Phi) is 5.40. The van der Waals surface area contributed by atoms with Crippen LogP contribution in [0.4, 0.5) is 0 Å². The molecule has 30 heavy (non-hydrogen) atoms. The van der Waals surface area contributed by atoms with Crippen LogP contribution in [0.1, 0.15) is 62.0 Å². The van der Waals surface area contributed by atoms with Crippen molar-refractivity contribution >= 4 is 27.3 Å². The van der Waals surface area contributed by atoms with Crippen LogP contribution in [0.15, 0.2) is 21.7 Å². The van der Waals surface area contributed by atoms with Crippen LogP contribution in [-0.2, 0) is 14.8 Å². The van der Waals surface area contributed by atoms with Gasteiger partial charge in [0.05, 0.1) is 0 Å². The molecule has 1 N–H and O–H groups in total.